The molecule has 0 amide bonds. The standard InChI is InChI=1S/C20H25N3/c1-6-19(2,3)20(4,5)23-17-14-10-13-16(18(17)21-22-23)15-11-8-7-9-12-15/h7-14H,6H2,1-5H3. The van der Waals surface area contributed by atoms with Crippen molar-refractivity contribution in [2.45, 2.75) is 46.6 Å². The fraction of sp³-hybridized carbons (Fsp3) is 0.400. The van der Waals surface area contributed by atoms with Gasteiger partial charge >= 0.3 is 0 Å². The van der Waals surface area contributed by atoms with Gasteiger partial charge in [-0.25, -0.2) is 4.68 Å². The molecule has 1 heterocycles. The zero-order valence-corrected chi connectivity index (χ0v) is 14.7. The van der Waals surface area contributed by atoms with Crippen LogP contribution in [0.3, 0.4) is 0 Å². The Morgan fingerprint density at radius 2 is 1.61 bits per heavy atom. The molecule has 0 aliphatic heterocycles. The third-order valence-electron chi connectivity index (χ3n) is 5.63. The predicted molar refractivity (Wildman–Crippen MR) is 96.4 cm³/mol. The van der Waals surface area contributed by atoms with Gasteiger partial charge in [0.2, 0.25) is 0 Å². The Bertz CT molecular complexity index is 813. The Kier molecular flexibility index (Phi) is 3.75. The average molecular weight is 307 g/mol. The van der Waals surface area contributed by atoms with Crippen LogP contribution in [0.15, 0.2) is 48.5 Å². The van der Waals surface area contributed by atoms with E-state index >= 15 is 0 Å². The zero-order valence-electron chi connectivity index (χ0n) is 14.7. The number of aromatic nitrogens is 3. The smallest absolute Gasteiger partial charge is 0.121 e. The summed E-state index contributed by atoms with van der Waals surface area (Å²) in [5, 5.41) is 9.06. The lowest BCUT2D eigenvalue weighted by atomic mass is 9.72. The Morgan fingerprint density at radius 1 is 0.913 bits per heavy atom. The summed E-state index contributed by atoms with van der Waals surface area (Å²) in [6.45, 7) is 11.3. The molecule has 23 heavy (non-hydrogen) atoms. The third-order valence-corrected chi connectivity index (χ3v) is 5.63. The lowest BCUT2D eigenvalue weighted by Gasteiger charge is -2.41. The molecular weight excluding hydrogens is 282 g/mol. The molecule has 0 spiro atoms. The maximum absolute atomic E-state index is 4.53. The number of hydrogen-bond donors (Lipinski definition) is 0. The molecule has 0 N–H and O–H groups in total. The average Bonchev–Trinajstić information content (AvgIpc) is 3.00. The molecule has 2 aromatic carbocycles. The normalized spacial score (nSPS) is 12.7. The first kappa shape index (κ1) is 15.7. The van der Waals surface area contributed by atoms with Gasteiger partial charge in [-0.1, -0.05) is 68.4 Å². The van der Waals surface area contributed by atoms with Gasteiger partial charge in [-0.2, -0.15) is 0 Å². The second kappa shape index (κ2) is 5.48. The van der Waals surface area contributed by atoms with E-state index in [-0.39, 0.29) is 11.0 Å². The highest BCUT2D eigenvalue weighted by Gasteiger charge is 2.39. The van der Waals surface area contributed by atoms with Gasteiger partial charge in [0.05, 0.1) is 11.1 Å². The van der Waals surface area contributed by atoms with E-state index in [1.165, 1.54) is 5.56 Å². The molecule has 3 aromatic rings. The van der Waals surface area contributed by atoms with Crippen molar-refractivity contribution in [1.29, 1.82) is 0 Å². The van der Waals surface area contributed by atoms with E-state index in [2.05, 4.69) is 92.1 Å². The Morgan fingerprint density at radius 3 is 2.26 bits per heavy atom. The number of benzene rings is 2. The van der Waals surface area contributed by atoms with Gasteiger partial charge in [0.25, 0.3) is 0 Å². The highest BCUT2D eigenvalue weighted by Crippen LogP contribution is 2.41. The van der Waals surface area contributed by atoms with Gasteiger partial charge in [0, 0.05) is 5.56 Å². The molecule has 120 valence electrons. The van der Waals surface area contributed by atoms with Crippen LogP contribution in [0.25, 0.3) is 22.2 Å². The van der Waals surface area contributed by atoms with Crippen LogP contribution < -0.4 is 0 Å². The van der Waals surface area contributed by atoms with E-state index in [0.29, 0.717) is 0 Å². The van der Waals surface area contributed by atoms with E-state index in [4.69, 9.17) is 0 Å². The topological polar surface area (TPSA) is 30.7 Å². The zero-order chi connectivity index (χ0) is 16.7. The van der Waals surface area contributed by atoms with Crippen LogP contribution in [0.2, 0.25) is 0 Å². The molecular formula is C20H25N3. The maximum Gasteiger partial charge on any atom is 0.121 e. The van der Waals surface area contributed by atoms with Crippen molar-refractivity contribution in [3.05, 3.63) is 48.5 Å². The van der Waals surface area contributed by atoms with E-state index in [1.54, 1.807) is 0 Å². The first-order valence-corrected chi connectivity index (χ1v) is 8.29. The number of nitrogens with zero attached hydrogens (tertiary/aromatic N) is 3. The highest BCUT2D eigenvalue weighted by atomic mass is 15.5. The van der Waals surface area contributed by atoms with Crippen molar-refractivity contribution in [2.24, 2.45) is 5.41 Å². The fourth-order valence-electron chi connectivity index (χ4n) is 2.93. The van der Waals surface area contributed by atoms with Gasteiger partial charge in [-0.05, 0) is 37.3 Å². The Hall–Kier alpha value is -2.16. The predicted octanol–water partition coefficient (Wildman–Crippen LogP) is 5.27. The molecule has 0 unspecified atom stereocenters. The lowest BCUT2D eigenvalue weighted by Crippen LogP contribution is -2.42. The fourth-order valence-corrected chi connectivity index (χ4v) is 2.93. The van der Waals surface area contributed by atoms with Gasteiger partial charge in [-0.15, -0.1) is 5.10 Å². The molecule has 0 aliphatic rings. The lowest BCUT2D eigenvalue weighted by molar-refractivity contribution is 0.102. The van der Waals surface area contributed by atoms with Crippen molar-refractivity contribution in [3.63, 3.8) is 0 Å². The molecule has 3 rings (SSSR count). The van der Waals surface area contributed by atoms with Crippen molar-refractivity contribution in [2.75, 3.05) is 0 Å². The van der Waals surface area contributed by atoms with Gasteiger partial charge in [0.1, 0.15) is 5.52 Å². The van der Waals surface area contributed by atoms with Crippen molar-refractivity contribution in [3.8, 4) is 11.1 Å². The molecule has 3 heteroatoms. The molecule has 0 saturated carbocycles. The molecule has 0 atom stereocenters. The van der Waals surface area contributed by atoms with E-state index in [0.717, 1.165) is 23.0 Å². The van der Waals surface area contributed by atoms with Gasteiger partial charge in [-0.3, -0.25) is 0 Å². The minimum Gasteiger partial charge on any atom is -0.239 e. The summed E-state index contributed by atoms with van der Waals surface area (Å²) in [7, 11) is 0. The highest BCUT2D eigenvalue weighted by molar-refractivity contribution is 5.91. The first-order chi connectivity index (χ1) is 10.9. The first-order valence-electron chi connectivity index (χ1n) is 8.29. The third kappa shape index (κ3) is 2.44. The summed E-state index contributed by atoms with van der Waals surface area (Å²) >= 11 is 0. The molecule has 0 bridgehead atoms. The van der Waals surface area contributed by atoms with E-state index in [9.17, 15) is 0 Å². The second-order valence-corrected chi connectivity index (χ2v) is 7.34. The summed E-state index contributed by atoms with van der Waals surface area (Å²) in [6, 6.07) is 16.7. The van der Waals surface area contributed by atoms with Crippen LogP contribution in [-0.2, 0) is 5.54 Å². The summed E-state index contributed by atoms with van der Waals surface area (Å²) < 4.78 is 2.10. The number of hydrogen-bond acceptors (Lipinski definition) is 2. The monoisotopic (exact) mass is 307 g/mol. The van der Waals surface area contributed by atoms with Crippen LogP contribution in [0.1, 0.15) is 41.0 Å². The molecule has 0 fully saturated rings. The van der Waals surface area contributed by atoms with E-state index < -0.39 is 0 Å². The second-order valence-electron chi connectivity index (χ2n) is 7.34. The van der Waals surface area contributed by atoms with Crippen LogP contribution in [0, 0.1) is 5.41 Å². The summed E-state index contributed by atoms with van der Waals surface area (Å²) in [6.07, 6.45) is 1.08. The minimum absolute atomic E-state index is 0.119. The molecule has 3 nitrogen and oxygen atoms in total. The summed E-state index contributed by atoms with van der Waals surface area (Å²) in [5.74, 6) is 0. The van der Waals surface area contributed by atoms with Crippen molar-refractivity contribution < 1.29 is 0 Å². The van der Waals surface area contributed by atoms with Crippen molar-refractivity contribution in [1.82, 2.24) is 15.0 Å². The Balaban J connectivity index is 2.21. The van der Waals surface area contributed by atoms with E-state index in [1.807, 2.05) is 6.07 Å². The number of fused-ring (bicyclic) bond motifs is 1. The van der Waals surface area contributed by atoms with Crippen LogP contribution in [-0.4, -0.2) is 15.0 Å². The van der Waals surface area contributed by atoms with Crippen LogP contribution in [0.4, 0.5) is 0 Å². The molecule has 0 aliphatic carbocycles. The molecule has 1 aromatic heterocycles. The number of rotatable bonds is 4. The maximum atomic E-state index is 4.53. The SMILES string of the molecule is CCC(C)(C)C(C)(C)n1nnc2c(-c3ccccc3)cccc21. The molecule has 0 saturated heterocycles. The van der Waals surface area contributed by atoms with Crippen LogP contribution >= 0.6 is 0 Å². The van der Waals surface area contributed by atoms with Gasteiger partial charge < -0.3 is 0 Å². The largest absolute Gasteiger partial charge is 0.239 e. The summed E-state index contributed by atoms with van der Waals surface area (Å²) in [5.41, 5.74) is 4.39. The minimum atomic E-state index is -0.119. The quantitative estimate of drug-likeness (QED) is 0.657. The molecule has 0 radical (unpaired) electrons. The Labute approximate surface area is 138 Å². The van der Waals surface area contributed by atoms with Gasteiger partial charge in [0.15, 0.2) is 0 Å². The summed E-state index contributed by atoms with van der Waals surface area (Å²) in [4.78, 5) is 0. The van der Waals surface area contributed by atoms with Crippen molar-refractivity contribution >= 4 is 11.0 Å². The van der Waals surface area contributed by atoms with Crippen LogP contribution in [0.5, 0.6) is 0 Å².